The van der Waals surface area contributed by atoms with Gasteiger partial charge in [-0.2, -0.15) is 0 Å². The summed E-state index contributed by atoms with van der Waals surface area (Å²) >= 11 is 0. The third-order valence-corrected chi connectivity index (χ3v) is 17.2. The lowest BCUT2D eigenvalue weighted by molar-refractivity contribution is -0.140. The average Bonchev–Trinajstić information content (AvgIpc) is 1.18. The standard InChI is InChI=1S/C35H33F2N5O4.C20H17F2N3O.C17H22N2O3.C15H18N2O4.H2O/c1-35(2,3)46-34(45)41-26-9-10-29-28(18-26)23(19-40-29)16-31(43)42-30(14-20-12-24(36)17-25(37)13-20)32-27(8-5-11-39-32)21-6-4-7-22(15-21)33(38)44;21-15-7-12(8-16(22)11-15)9-18(23)19-17(5-2-6-25-19)13-3-1-4-14(10-13)20(24)26;1-17(2,3)9-15(20)19-12-5-6-14-13(8-12)11(10-18-14)7-16(21)22-4;1-15(2,3)21-14(20)17-10-4-5-12-11(7-10)9(8-16-12)6-13(18)19;/h4-13,15,17-19,30,40H,14,16H2,1-3H3,(H2,38,44)(H,41,45)(H,42,43);1-8,10-11,18H,9,23H2,(H2,24,26);5-6,8,10,18H,7,9H2,1-4H3,(H,19,20);4-5,7-8,16H,6H2,1-3H3,(H,17,20)(H,18,19);1H2/t30-;18-;;;/m00.../s1. The number of primary amides is 2. The number of H-pyrrole nitrogens is 3. The Morgan fingerprint density at radius 2 is 0.888 bits per heavy atom. The number of nitrogens with one attached hydrogen (secondary N) is 7. The summed E-state index contributed by atoms with van der Waals surface area (Å²) < 4.78 is 70.4. The highest BCUT2D eigenvalue weighted by Gasteiger charge is 2.26. The number of nitrogens with two attached hydrogens (primary N) is 3. The molecule has 25 nitrogen and oxygen atoms in total. The molecule has 6 amide bonds. The maximum Gasteiger partial charge on any atom is 0.412 e. The van der Waals surface area contributed by atoms with Crippen molar-refractivity contribution in [2.24, 2.45) is 22.6 Å². The van der Waals surface area contributed by atoms with Gasteiger partial charge in [-0.15, -0.1) is 0 Å². The van der Waals surface area contributed by atoms with Crippen LogP contribution in [0.3, 0.4) is 0 Å². The van der Waals surface area contributed by atoms with Gasteiger partial charge in [0.15, 0.2) is 0 Å². The molecule has 29 heteroatoms. The van der Waals surface area contributed by atoms with Crippen LogP contribution in [0.25, 0.3) is 55.0 Å². The predicted octanol–water partition coefficient (Wildman–Crippen LogP) is 15.5. The Labute approximate surface area is 665 Å². The molecule has 5 aromatic heterocycles. The number of amides is 6. The van der Waals surface area contributed by atoms with Crippen molar-refractivity contribution in [3.63, 3.8) is 0 Å². The minimum atomic E-state index is -0.901. The van der Waals surface area contributed by atoms with Crippen LogP contribution < -0.4 is 38.5 Å². The molecule has 116 heavy (non-hydrogen) atoms. The number of aromatic nitrogens is 5. The summed E-state index contributed by atoms with van der Waals surface area (Å²) in [6, 6.07) is 41.8. The van der Waals surface area contributed by atoms with E-state index in [4.69, 9.17) is 36.5 Å². The Morgan fingerprint density at radius 3 is 1.30 bits per heavy atom. The zero-order valence-corrected chi connectivity index (χ0v) is 65.4. The van der Waals surface area contributed by atoms with Crippen molar-refractivity contribution in [1.29, 1.82) is 0 Å². The summed E-state index contributed by atoms with van der Waals surface area (Å²) in [7, 11) is 1.37. The Bertz CT molecular complexity index is 5530. The number of fused-ring (bicyclic) bond motifs is 3. The number of carbonyl (C=O) groups excluding carboxylic acids is 7. The minimum Gasteiger partial charge on any atom is -0.481 e. The number of anilines is 3. The van der Waals surface area contributed by atoms with Crippen molar-refractivity contribution in [3.05, 3.63) is 268 Å². The zero-order valence-electron chi connectivity index (χ0n) is 65.4. The van der Waals surface area contributed by atoms with Gasteiger partial charge in [-0.3, -0.25) is 49.4 Å². The molecule has 0 saturated carbocycles. The zero-order chi connectivity index (χ0) is 83.6. The fourth-order valence-electron chi connectivity index (χ4n) is 12.4. The van der Waals surface area contributed by atoms with Crippen molar-refractivity contribution in [3.8, 4) is 22.3 Å². The molecule has 606 valence electrons. The lowest BCUT2D eigenvalue weighted by Gasteiger charge is -2.22. The number of benzene rings is 7. The first kappa shape index (κ1) is 88.0. The highest BCUT2D eigenvalue weighted by atomic mass is 19.1. The number of pyridine rings is 2. The summed E-state index contributed by atoms with van der Waals surface area (Å²) in [5, 5.41) is 22.5. The Hall–Kier alpha value is -13.5. The quantitative estimate of drug-likeness (QED) is 0.0181. The van der Waals surface area contributed by atoms with E-state index in [9.17, 15) is 55.9 Å². The van der Waals surface area contributed by atoms with E-state index in [0.717, 1.165) is 61.8 Å². The van der Waals surface area contributed by atoms with Gasteiger partial charge in [0, 0.05) is 122 Å². The topological polar surface area (TPSA) is 415 Å². The van der Waals surface area contributed by atoms with Crippen molar-refractivity contribution in [2.75, 3.05) is 23.1 Å². The van der Waals surface area contributed by atoms with Crippen LogP contribution in [0.4, 0.5) is 44.2 Å². The Balaban J connectivity index is 0.000000205. The number of methoxy groups -OCH3 is 1. The molecule has 0 radical (unpaired) electrons. The summed E-state index contributed by atoms with van der Waals surface area (Å²) in [6.45, 7) is 16.7. The van der Waals surface area contributed by atoms with Crippen LogP contribution in [0.15, 0.2) is 195 Å². The molecule has 0 aliphatic rings. The monoisotopic (exact) mass is 1590 g/mol. The molecule has 0 spiro atoms. The molecule has 16 N–H and O–H groups in total. The van der Waals surface area contributed by atoms with Gasteiger partial charge in [0.25, 0.3) is 0 Å². The van der Waals surface area contributed by atoms with Gasteiger partial charge in [0.2, 0.25) is 23.6 Å². The minimum absolute atomic E-state index is 0. The number of nitrogens with zero attached hydrogens (tertiary/aromatic N) is 2. The molecular weight excluding hydrogens is 1500 g/mol. The lowest BCUT2D eigenvalue weighted by Crippen LogP contribution is -2.32. The van der Waals surface area contributed by atoms with Crippen molar-refractivity contribution < 1.29 is 80.7 Å². The second kappa shape index (κ2) is 38.8. The van der Waals surface area contributed by atoms with Gasteiger partial charge in [-0.25, -0.2) is 27.2 Å². The third kappa shape index (κ3) is 26.0. The van der Waals surface area contributed by atoms with E-state index < -0.39 is 76.5 Å². The molecule has 12 rings (SSSR count). The number of carboxylic acids is 1. The third-order valence-electron chi connectivity index (χ3n) is 17.2. The van der Waals surface area contributed by atoms with Crippen molar-refractivity contribution in [2.45, 2.75) is 124 Å². The second-order valence-electron chi connectivity index (χ2n) is 30.2. The van der Waals surface area contributed by atoms with Gasteiger partial charge in [0.05, 0.1) is 49.8 Å². The Morgan fingerprint density at radius 1 is 0.483 bits per heavy atom. The number of ether oxygens (including phenoxy) is 3. The van der Waals surface area contributed by atoms with Crippen LogP contribution in [0.1, 0.15) is 141 Å². The van der Waals surface area contributed by atoms with Crippen LogP contribution >= 0.6 is 0 Å². The highest BCUT2D eigenvalue weighted by Crippen LogP contribution is 2.34. The fourth-order valence-corrected chi connectivity index (χ4v) is 12.4. The molecule has 2 atom stereocenters. The van der Waals surface area contributed by atoms with E-state index in [-0.39, 0.29) is 60.8 Å². The van der Waals surface area contributed by atoms with Gasteiger partial charge >= 0.3 is 24.1 Å². The largest absolute Gasteiger partial charge is 0.481 e. The first-order valence-electron chi connectivity index (χ1n) is 36.3. The number of hydrogen-bond acceptors (Lipinski definition) is 14. The van der Waals surface area contributed by atoms with Crippen LogP contribution in [-0.4, -0.2) is 102 Å². The maximum atomic E-state index is 14.2. The van der Waals surface area contributed by atoms with Crippen LogP contribution in [0.5, 0.6) is 0 Å². The number of aliphatic carboxylic acids is 1. The van der Waals surface area contributed by atoms with Gasteiger partial charge in [-0.1, -0.05) is 57.2 Å². The number of carboxylic acid groups (broad SMARTS) is 1. The molecule has 0 aliphatic carbocycles. The summed E-state index contributed by atoms with van der Waals surface area (Å²) in [4.78, 5) is 113. The molecule has 0 saturated heterocycles. The van der Waals surface area contributed by atoms with E-state index in [1.807, 2.05) is 51.1 Å². The smallest absolute Gasteiger partial charge is 0.412 e. The van der Waals surface area contributed by atoms with Crippen LogP contribution in [0, 0.1) is 28.7 Å². The predicted molar refractivity (Wildman–Crippen MR) is 436 cm³/mol. The molecular formula is C87H92F4N12O13. The van der Waals surface area contributed by atoms with Crippen molar-refractivity contribution >= 4 is 97.5 Å². The number of esters is 1. The first-order valence-corrected chi connectivity index (χ1v) is 36.3. The molecule has 0 bridgehead atoms. The highest BCUT2D eigenvalue weighted by molar-refractivity contribution is 5.98. The lowest BCUT2D eigenvalue weighted by atomic mass is 9.92. The summed E-state index contributed by atoms with van der Waals surface area (Å²) in [5.41, 5.74) is 27.4. The molecule has 7 aromatic carbocycles. The van der Waals surface area contributed by atoms with Crippen molar-refractivity contribution in [1.82, 2.24) is 30.2 Å². The molecule has 0 fully saturated rings. The fraction of sp³-hybridized carbons (Fsp3) is 0.241. The molecule has 0 unspecified atom stereocenters. The van der Waals surface area contributed by atoms with Crippen LogP contribution in [0.2, 0.25) is 0 Å². The van der Waals surface area contributed by atoms with Crippen LogP contribution in [-0.2, 0) is 65.5 Å². The van der Waals surface area contributed by atoms with Gasteiger partial charge < -0.3 is 67.6 Å². The SMILES string of the molecule is CC(C)(C)OC(=O)Nc1ccc2[nH]cc(CC(=O)N[C@@H](Cc3cc(F)cc(F)c3)c3ncccc3-c3cccc(C(N)=O)c3)c2c1.CC(C)(C)OC(=O)Nc1ccc2[nH]cc(CC(=O)O)c2c1.COC(=O)Cc1c[nH]c2ccc(NC(=O)CC(C)(C)C)cc12.NC(=O)c1cccc(-c2cccnc2[C@@H](N)Cc2cc(F)cc(F)c2)c1.O. The van der Waals surface area contributed by atoms with E-state index in [2.05, 4.69) is 46.2 Å². The summed E-state index contributed by atoms with van der Waals surface area (Å²) in [5.74, 6) is -5.51. The second-order valence-corrected chi connectivity index (χ2v) is 30.2. The van der Waals surface area contributed by atoms with E-state index >= 15 is 0 Å². The number of aromatic amines is 3. The molecule has 0 aliphatic heterocycles. The van der Waals surface area contributed by atoms with Gasteiger partial charge in [-0.05, 0) is 214 Å². The number of hydrogen-bond donors (Lipinski definition) is 11. The number of halogens is 4. The summed E-state index contributed by atoms with van der Waals surface area (Å²) in [6.07, 6.45) is 7.94. The average molecular weight is 1590 g/mol. The first-order chi connectivity index (χ1) is 54.3. The molecule has 12 aromatic rings. The normalized spacial score (nSPS) is 11.7. The number of rotatable bonds is 21. The number of carbonyl (C=O) groups is 8. The van der Waals surface area contributed by atoms with E-state index in [1.54, 1.807) is 170 Å². The van der Waals surface area contributed by atoms with E-state index in [1.165, 1.54) is 31.4 Å². The Kier molecular flexibility index (Phi) is 29.4. The van der Waals surface area contributed by atoms with Gasteiger partial charge in [0.1, 0.15) is 34.5 Å². The maximum absolute atomic E-state index is 14.2. The van der Waals surface area contributed by atoms with E-state index in [0.29, 0.717) is 79.1 Å². The molecule has 5 heterocycles.